The summed E-state index contributed by atoms with van der Waals surface area (Å²) in [5.74, 6) is 2.00. The Labute approximate surface area is 93.4 Å². The van der Waals surface area contributed by atoms with Gasteiger partial charge in [-0.05, 0) is 62.6 Å². The number of rotatable bonds is 2. The number of nitrogens with zero attached hydrogens (tertiary/aromatic N) is 1. The van der Waals surface area contributed by atoms with Crippen molar-refractivity contribution in [3.63, 3.8) is 0 Å². The Kier molecular flexibility index (Phi) is 2.52. The van der Waals surface area contributed by atoms with Gasteiger partial charge in [0.2, 0.25) is 0 Å². The number of piperidine rings is 1. The summed E-state index contributed by atoms with van der Waals surface area (Å²) >= 11 is 0. The normalized spacial score (nSPS) is 39.8. The van der Waals surface area contributed by atoms with Crippen LogP contribution in [0.3, 0.4) is 0 Å². The summed E-state index contributed by atoms with van der Waals surface area (Å²) in [5.41, 5.74) is 0.789. The highest BCUT2D eigenvalue weighted by Gasteiger charge is 2.53. The first kappa shape index (κ1) is 10.1. The van der Waals surface area contributed by atoms with Gasteiger partial charge in [-0.1, -0.05) is 6.92 Å². The van der Waals surface area contributed by atoms with Crippen molar-refractivity contribution in [1.82, 2.24) is 10.2 Å². The van der Waals surface area contributed by atoms with Crippen LogP contribution in [0.4, 0.5) is 0 Å². The van der Waals surface area contributed by atoms with Crippen molar-refractivity contribution in [3.05, 3.63) is 0 Å². The van der Waals surface area contributed by atoms with Gasteiger partial charge in [-0.2, -0.15) is 0 Å². The minimum atomic E-state index is 0.789. The van der Waals surface area contributed by atoms with Crippen LogP contribution in [0.2, 0.25) is 0 Å². The van der Waals surface area contributed by atoms with Gasteiger partial charge in [0, 0.05) is 13.1 Å². The van der Waals surface area contributed by atoms with E-state index in [9.17, 15) is 0 Å². The highest BCUT2D eigenvalue weighted by atomic mass is 15.2. The van der Waals surface area contributed by atoms with E-state index in [2.05, 4.69) is 17.1 Å². The Morgan fingerprint density at radius 1 is 1.33 bits per heavy atom. The lowest BCUT2D eigenvalue weighted by Gasteiger charge is -2.25. The summed E-state index contributed by atoms with van der Waals surface area (Å²) in [5, 5.41) is 3.49. The molecule has 86 valence electrons. The average Bonchev–Trinajstić information content (AvgIpc) is 2.70. The zero-order chi connectivity index (χ0) is 10.3. The highest BCUT2D eigenvalue weighted by molar-refractivity contribution is 5.05. The molecule has 1 aliphatic carbocycles. The molecule has 0 bridgehead atoms. The maximum absolute atomic E-state index is 3.49. The number of likely N-dealkylation sites (tertiary alicyclic amines) is 1. The Bertz CT molecular complexity index is 233. The smallest absolute Gasteiger partial charge is 0.00153 e. The molecule has 2 heteroatoms. The predicted molar refractivity (Wildman–Crippen MR) is 62.9 cm³/mol. The second-order valence-corrected chi connectivity index (χ2v) is 6.17. The molecule has 1 N–H and O–H groups in total. The van der Waals surface area contributed by atoms with Crippen LogP contribution in [0.25, 0.3) is 0 Å². The van der Waals surface area contributed by atoms with E-state index in [1.165, 1.54) is 58.4 Å². The van der Waals surface area contributed by atoms with E-state index < -0.39 is 0 Å². The fourth-order valence-electron chi connectivity index (χ4n) is 3.73. The fourth-order valence-corrected chi connectivity index (χ4v) is 3.73. The van der Waals surface area contributed by atoms with Crippen LogP contribution < -0.4 is 5.32 Å². The summed E-state index contributed by atoms with van der Waals surface area (Å²) < 4.78 is 0. The molecule has 0 aromatic rings. The molecule has 0 aromatic heterocycles. The summed E-state index contributed by atoms with van der Waals surface area (Å²) in [6, 6.07) is 0. The first-order valence-electron chi connectivity index (χ1n) is 6.72. The van der Waals surface area contributed by atoms with Crippen LogP contribution in [0, 0.1) is 17.3 Å². The van der Waals surface area contributed by atoms with Gasteiger partial charge in [0.1, 0.15) is 0 Å². The lowest BCUT2D eigenvalue weighted by atomic mass is 9.92. The zero-order valence-electron chi connectivity index (χ0n) is 9.97. The number of hydrogen-bond donors (Lipinski definition) is 1. The Hall–Kier alpha value is -0.0800. The Morgan fingerprint density at radius 3 is 2.80 bits per heavy atom. The third kappa shape index (κ3) is 1.94. The molecule has 2 saturated heterocycles. The van der Waals surface area contributed by atoms with Gasteiger partial charge in [-0.25, -0.2) is 0 Å². The molecule has 2 aliphatic heterocycles. The minimum absolute atomic E-state index is 0.789. The Balaban J connectivity index is 1.50. The van der Waals surface area contributed by atoms with Crippen molar-refractivity contribution in [2.24, 2.45) is 17.3 Å². The maximum Gasteiger partial charge on any atom is 0.00153 e. The molecule has 1 saturated carbocycles. The van der Waals surface area contributed by atoms with E-state index in [1.54, 1.807) is 0 Å². The van der Waals surface area contributed by atoms with Crippen LogP contribution in [-0.2, 0) is 0 Å². The second-order valence-electron chi connectivity index (χ2n) is 6.17. The summed E-state index contributed by atoms with van der Waals surface area (Å²) in [4.78, 5) is 2.71. The largest absolute Gasteiger partial charge is 0.317 e. The summed E-state index contributed by atoms with van der Waals surface area (Å²) in [6.45, 7) is 9.08. The van der Waals surface area contributed by atoms with Gasteiger partial charge in [-0.3, -0.25) is 0 Å². The molecular formula is C13H24N2. The van der Waals surface area contributed by atoms with Crippen molar-refractivity contribution in [2.45, 2.75) is 32.6 Å². The van der Waals surface area contributed by atoms with E-state index in [0.29, 0.717) is 0 Å². The van der Waals surface area contributed by atoms with Crippen LogP contribution in [0.15, 0.2) is 0 Å². The van der Waals surface area contributed by atoms with Gasteiger partial charge in [0.15, 0.2) is 0 Å². The third-order valence-corrected chi connectivity index (χ3v) is 4.94. The van der Waals surface area contributed by atoms with Crippen molar-refractivity contribution in [3.8, 4) is 0 Å². The fraction of sp³-hybridized carbons (Fsp3) is 1.00. The lowest BCUT2D eigenvalue weighted by molar-refractivity contribution is 0.258. The summed E-state index contributed by atoms with van der Waals surface area (Å²) in [6.07, 6.45) is 5.85. The number of hydrogen-bond acceptors (Lipinski definition) is 2. The first-order chi connectivity index (χ1) is 7.28. The highest BCUT2D eigenvalue weighted by Crippen LogP contribution is 2.58. The third-order valence-electron chi connectivity index (χ3n) is 4.94. The molecular weight excluding hydrogens is 184 g/mol. The van der Waals surface area contributed by atoms with Gasteiger partial charge >= 0.3 is 0 Å². The van der Waals surface area contributed by atoms with E-state index in [4.69, 9.17) is 0 Å². The van der Waals surface area contributed by atoms with Gasteiger partial charge in [0.25, 0.3) is 0 Å². The monoisotopic (exact) mass is 208 g/mol. The van der Waals surface area contributed by atoms with E-state index in [0.717, 1.165) is 17.3 Å². The SMILES string of the molecule is CC1CCN(CC2CC23CCNCC3)C1. The van der Waals surface area contributed by atoms with E-state index >= 15 is 0 Å². The topological polar surface area (TPSA) is 15.3 Å². The standard InChI is InChI=1S/C13H24N2/c1-11-2-7-15(9-11)10-12-8-13(12)3-5-14-6-4-13/h11-12,14H,2-10H2,1H3. The predicted octanol–water partition coefficient (Wildman–Crippen LogP) is 1.72. The lowest BCUT2D eigenvalue weighted by Crippen LogP contribution is -2.32. The molecule has 0 amide bonds. The molecule has 15 heavy (non-hydrogen) atoms. The average molecular weight is 208 g/mol. The van der Waals surface area contributed by atoms with Crippen LogP contribution in [0.5, 0.6) is 0 Å². The molecule has 2 heterocycles. The quantitative estimate of drug-likeness (QED) is 0.743. The van der Waals surface area contributed by atoms with Crippen LogP contribution >= 0.6 is 0 Å². The van der Waals surface area contributed by atoms with Crippen LogP contribution in [-0.4, -0.2) is 37.6 Å². The first-order valence-corrected chi connectivity index (χ1v) is 6.72. The molecule has 2 unspecified atom stereocenters. The second kappa shape index (κ2) is 3.74. The molecule has 0 aromatic carbocycles. The molecule has 3 aliphatic rings. The van der Waals surface area contributed by atoms with Gasteiger partial charge in [0.05, 0.1) is 0 Å². The minimum Gasteiger partial charge on any atom is -0.317 e. The molecule has 0 radical (unpaired) electrons. The zero-order valence-corrected chi connectivity index (χ0v) is 9.97. The van der Waals surface area contributed by atoms with E-state index in [1.807, 2.05) is 0 Å². The molecule has 1 spiro atoms. The molecule has 2 atom stereocenters. The Morgan fingerprint density at radius 2 is 2.13 bits per heavy atom. The maximum atomic E-state index is 3.49. The molecule has 2 nitrogen and oxygen atoms in total. The van der Waals surface area contributed by atoms with Crippen molar-refractivity contribution in [1.29, 1.82) is 0 Å². The van der Waals surface area contributed by atoms with Crippen LogP contribution in [0.1, 0.15) is 32.6 Å². The van der Waals surface area contributed by atoms with Gasteiger partial charge < -0.3 is 10.2 Å². The van der Waals surface area contributed by atoms with Crippen molar-refractivity contribution < 1.29 is 0 Å². The van der Waals surface area contributed by atoms with Crippen molar-refractivity contribution in [2.75, 3.05) is 32.7 Å². The van der Waals surface area contributed by atoms with Crippen molar-refractivity contribution >= 4 is 0 Å². The molecule has 3 fully saturated rings. The van der Waals surface area contributed by atoms with Gasteiger partial charge in [-0.15, -0.1) is 0 Å². The summed E-state index contributed by atoms with van der Waals surface area (Å²) in [7, 11) is 0. The number of nitrogens with one attached hydrogen (secondary N) is 1. The van der Waals surface area contributed by atoms with E-state index in [-0.39, 0.29) is 0 Å². The molecule has 3 rings (SSSR count).